The minimum atomic E-state index is -0.213. The van der Waals surface area contributed by atoms with E-state index in [0.29, 0.717) is 12.5 Å². The standard InChI is InChI=1S/C22H26N2O4/c1-27-18-6-3-5-15(9-18)10-20-17-11-16(12-23(13-17)14-22(26)28-2)19-7-4-8-21(25)24(19)20/h3-9,16-17,20H,10-14H2,1-2H3/t16-,17+,20+/m1/s1. The smallest absolute Gasteiger partial charge is 0.319 e. The number of nitrogens with zero attached hydrogens (tertiary/aromatic N) is 2. The molecule has 3 atom stereocenters. The molecule has 0 saturated carbocycles. The number of ether oxygens (including phenoxy) is 2. The minimum Gasteiger partial charge on any atom is -0.497 e. The minimum absolute atomic E-state index is 0.0570. The molecule has 2 aromatic rings. The summed E-state index contributed by atoms with van der Waals surface area (Å²) in [4.78, 5) is 26.8. The molecular formula is C22H26N2O4. The van der Waals surface area contributed by atoms with E-state index in [1.165, 1.54) is 7.11 Å². The molecule has 6 nitrogen and oxygen atoms in total. The van der Waals surface area contributed by atoms with E-state index in [1.54, 1.807) is 13.2 Å². The number of esters is 1. The van der Waals surface area contributed by atoms with Crippen LogP contribution in [-0.2, 0) is 16.0 Å². The van der Waals surface area contributed by atoms with Crippen LogP contribution in [0.25, 0.3) is 0 Å². The summed E-state index contributed by atoms with van der Waals surface area (Å²) >= 11 is 0. The van der Waals surface area contributed by atoms with Gasteiger partial charge in [0, 0.05) is 36.8 Å². The third-order valence-corrected chi connectivity index (χ3v) is 6.03. The normalized spacial score (nSPS) is 23.7. The topological polar surface area (TPSA) is 60.8 Å². The van der Waals surface area contributed by atoms with Gasteiger partial charge in [-0.1, -0.05) is 18.2 Å². The maximum absolute atomic E-state index is 12.8. The Morgan fingerprint density at radius 2 is 1.96 bits per heavy atom. The van der Waals surface area contributed by atoms with Crippen molar-refractivity contribution >= 4 is 5.97 Å². The van der Waals surface area contributed by atoms with Gasteiger partial charge in [-0.2, -0.15) is 0 Å². The molecule has 2 aliphatic heterocycles. The molecule has 1 aromatic carbocycles. The summed E-state index contributed by atoms with van der Waals surface area (Å²) in [6, 6.07) is 13.6. The van der Waals surface area contributed by atoms with Crippen molar-refractivity contribution in [2.45, 2.75) is 24.8 Å². The lowest BCUT2D eigenvalue weighted by atomic mass is 9.76. The van der Waals surface area contributed by atoms with Crippen molar-refractivity contribution in [1.82, 2.24) is 9.47 Å². The van der Waals surface area contributed by atoms with Gasteiger partial charge in [0.15, 0.2) is 0 Å². The van der Waals surface area contributed by atoms with E-state index >= 15 is 0 Å². The van der Waals surface area contributed by atoms with Crippen molar-refractivity contribution in [1.29, 1.82) is 0 Å². The molecule has 6 heteroatoms. The van der Waals surface area contributed by atoms with Crippen LogP contribution in [0.15, 0.2) is 47.3 Å². The second-order valence-corrected chi connectivity index (χ2v) is 7.74. The second-order valence-electron chi connectivity index (χ2n) is 7.74. The van der Waals surface area contributed by atoms with Gasteiger partial charge in [-0.15, -0.1) is 0 Å². The summed E-state index contributed by atoms with van der Waals surface area (Å²) in [6.45, 7) is 1.87. The largest absolute Gasteiger partial charge is 0.497 e. The number of hydrogen-bond acceptors (Lipinski definition) is 5. The van der Waals surface area contributed by atoms with Gasteiger partial charge in [-0.25, -0.2) is 0 Å². The van der Waals surface area contributed by atoms with Gasteiger partial charge < -0.3 is 14.0 Å². The van der Waals surface area contributed by atoms with Crippen LogP contribution >= 0.6 is 0 Å². The monoisotopic (exact) mass is 382 g/mol. The number of carbonyl (C=O) groups is 1. The molecule has 0 aliphatic carbocycles. The Morgan fingerprint density at radius 1 is 1.14 bits per heavy atom. The average Bonchev–Trinajstić information content (AvgIpc) is 2.71. The molecule has 0 amide bonds. The number of pyridine rings is 1. The number of likely N-dealkylation sites (tertiary alicyclic amines) is 1. The van der Waals surface area contributed by atoms with Crippen molar-refractivity contribution in [3.8, 4) is 5.75 Å². The van der Waals surface area contributed by atoms with E-state index in [4.69, 9.17) is 9.47 Å². The summed E-state index contributed by atoms with van der Waals surface area (Å²) in [7, 11) is 3.09. The number of aromatic nitrogens is 1. The van der Waals surface area contributed by atoms with Gasteiger partial charge in [0.25, 0.3) is 5.56 Å². The quantitative estimate of drug-likeness (QED) is 0.742. The summed E-state index contributed by atoms with van der Waals surface area (Å²) < 4.78 is 12.2. The molecule has 148 valence electrons. The lowest BCUT2D eigenvalue weighted by Gasteiger charge is -2.46. The number of hydrogen-bond donors (Lipinski definition) is 0. The lowest BCUT2D eigenvalue weighted by molar-refractivity contribution is -0.142. The average molecular weight is 382 g/mol. The maximum atomic E-state index is 12.8. The molecule has 1 aromatic heterocycles. The predicted octanol–water partition coefficient (Wildman–Crippen LogP) is 2.23. The van der Waals surface area contributed by atoms with E-state index in [-0.39, 0.29) is 23.5 Å². The van der Waals surface area contributed by atoms with Gasteiger partial charge in [0.1, 0.15) is 5.75 Å². The number of fused-ring (bicyclic) bond motifs is 4. The highest BCUT2D eigenvalue weighted by atomic mass is 16.5. The predicted molar refractivity (Wildman–Crippen MR) is 106 cm³/mol. The Morgan fingerprint density at radius 3 is 2.75 bits per heavy atom. The highest BCUT2D eigenvalue weighted by molar-refractivity contribution is 5.71. The molecular weight excluding hydrogens is 356 g/mol. The molecule has 0 spiro atoms. The highest BCUT2D eigenvalue weighted by Crippen LogP contribution is 2.42. The Balaban J connectivity index is 1.69. The fourth-order valence-electron chi connectivity index (χ4n) is 4.82. The van der Waals surface area contributed by atoms with Gasteiger partial charge in [0.2, 0.25) is 0 Å². The SMILES string of the molecule is COC(=O)CN1C[C@H]2C[C@@H](C1)[C@H](Cc1cccc(OC)c1)n1c2cccc1=O. The fourth-order valence-corrected chi connectivity index (χ4v) is 4.82. The summed E-state index contributed by atoms with van der Waals surface area (Å²) in [6.07, 6.45) is 1.80. The first-order valence-corrected chi connectivity index (χ1v) is 9.72. The first kappa shape index (κ1) is 18.7. The van der Waals surface area contributed by atoms with Crippen LogP contribution in [0, 0.1) is 5.92 Å². The van der Waals surface area contributed by atoms with E-state index in [1.807, 2.05) is 28.8 Å². The number of benzene rings is 1. The lowest BCUT2D eigenvalue weighted by Crippen LogP contribution is -2.51. The molecule has 1 fully saturated rings. The first-order chi connectivity index (χ1) is 13.6. The Kier molecular flexibility index (Phi) is 5.22. The van der Waals surface area contributed by atoms with Crippen molar-refractivity contribution in [3.05, 3.63) is 64.1 Å². The van der Waals surface area contributed by atoms with Crippen LogP contribution in [0.3, 0.4) is 0 Å². The third-order valence-electron chi connectivity index (χ3n) is 6.03. The van der Waals surface area contributed by atoms with Crippen molar-refractivity contribution in [2.75, 3.05) is 33.9 Å². The highest BCUT2D eigenvalue weighted by Gasteiger charge is 2.40. The Bertz CT molecular complexity index is 923. The van der Waals surface area contributed by atoms with Gasteiger partial charge in [-0.3, -0.25) is 14.5 Å². The first-order valence-electron chi connectivity index (χ1n) is 9.72. The number of rotatable bonds is 5. The fraction of sp³-hybridized carbons (Fsp3) is 0.455. The molecule has 4 rings (SSSR count). The zero-order valence-corrected chi connectivity index (χ0v) is 16.3. The van der Waals surface area contributed by atoms with E-state index in [9.17, 15) is 9.59 Å². The Labute approximate surface area is 164 Å². The third kappa shape index (κ3) is 3.56. The van der Waals surface area contributed by atoms with Gasteiger partial charge in [-0.05, 0) is 42.5 Å². The van der Waals surface area contributed by atoms with Gasteiger partial charge >= 0.3 is 5.97 Å². The summed E-state index contributed by atoms with van der Waals surface area (Å²) in [5.74, 6) is 1.18. The molecule has 0 N–H and O–H groups in total. The summed E-state index contributed by atoms with van der Waals surface area (Å²) in [5, 5.41) is 0. The van der Waals surface area contributed by atoms with Crippen LogP contribution in [0.4, 0.5) is 0 Å². The van der Waals surface area contributed by atoms with Crippen molar-refractivity contribution in [2.24, 2.45) is 5.92 Å². The molecule has 2 bridgehead atoms. The van der Waals surface area contributed by atoms with E-state index in [2.05, 4.69) is 17.0 Å². The van der Waals surface area contributed by atoms with Crippen LogP contribution in [-0.4, -0.2) is 49.3 Å². The second kappa shape index (κ2) is 7.80. The zero-order chi connectivity index (χ0) is 19.7. The van der Waals surface area contributed by atoms with Crippen LogP contribution in [0.1, 0.15) is 29.6 Å². The van der Waals surface area contributed by atoms with E-state index < -0.39 is 0 Å². The molecule has 0 unspecified atom stereocenters. The van der Waals surface area contributed by atoms with Crippen LogP contribution < -0.4 is 10.3 Å². The molecule has 2 aliphatic rings. The zero-order valence-electron chi connectivity index (χ0n) is 16.3. The molecule has 3 heterocycles. The molecule has 28 heavy (non-hydrogen) atoms. The van der Waals surface area contributed by atoms with Crippen LogP contribution in [0.5, 0.6) is 5.75 Å². The van der Waals surface area contributed by atoms with Gasteiger partial charge in [0.05, 0.1) is 20.8 Å². The molecule has 1 saturated heterocycles. The van der Waals surface area contributed by atoms with Crippen molar-refractivity contribution in [3.63, 3.8) is 0 Å². The van der Waals surface area contributed by atoms with Crippen LogP contribution in [0.2, 0.25) is 0 Å². The van der Waals surface area contributed by atoms with E-state index in [0.717, 1.165) is 42.9 Å². The summed E-state index contributed by atoms with van der Waals surface area (Å²) in [5.41, 5.74) is 2.28. The number of piperidine rings is 1. The van der Waals surface area contributed by atoms with Crippen molar-refractivity contribution < 1.29 is 14.3 Å². The maximum Gasteiger partial charge on any atom is 0.319 e. The molecule has 0 radical (unpaired) electrons. The Hall–Kier alpha value is -2.60. The number of carbonyl (C=O) groups excluding carboxylic acids is 1. The number of methoxy groups -OCH3 is 2.